The minimum atomic E-state index is -0.713. The maximum Gasteiger partial charge on any atom is 0.240 e. The second-order valence-corrected chi connectivity index (χ2v) is 5.03. The lowest BCUT2D eigenvalue weighted by molar-refractivity contribution is -0.126. The number of rotatable bonds is 9. The van der Waals surface area contributed by atoms with Gasteiger partial charge in [-0.15, -0.1) is 0 Å². The van der Waals surface area contributed by atoms with Crippen molar-refractivity contribution in [2.75, 3.05) is 24.7 Å². The van der Waals surface area contributed by atoms with Crippen molar-refractivity contribution in [3.05, 3.63) is 0 Å². The zero-order valence-electron chi connectivity index (χ0n) is 10.3. The molecule has 0 aromatic heterocycles. The number of carbonyl (C=O) groups is 1. The average molecular weight is 248 g/mol. The average Bonchev–Trinajstić information content (AvgIpc) is 2.32. The van der Waals surface area contributed by atoms with Gasteiger partial charge in [-0.3, -0.25) is 4.79 Å². The molecular weight excluding hydrogens is 224 g/mol. The molecule has 5 heteroatoms. The molecule has 0 spiro atoms. The molecule has 0 aromatic rings. The van der Waals surface area contributed by atoms with Gasteiger partial charge in [-0.05, 0) is 25.0 Å². The van der Waals surface area contributed by atoms with Crippen LogP contribution in [0, 0.1) is 0 Å². The van der Waals surface area contributed by atoms with Crippen LogP contribution in [0.15, 0.2) is 0 Å². The number of hydrogen-bond acceptors (Lipinski definition) is 4. The van der Waals surface area contributed by atoms with Gasteiger partial charge < -0.3 is 16.2 Å². The third kappa shape index (κ3) is 5.72. The van der Waals surface area contributed by atoms with E-state index >= 15 is 0 Å². The van der Waals surface area contributed by atoms with Crippen molar-refractivity contribution in [3.63, 3.8) is 0 Å². The fourth-order valence-electron chi connectivity index (χ4n) is 1.25. The van der Waals surface area contributed by atoms with Crippen LogP contribution in [0.2, 0.25) is 0 Å². The Morgan fingerprint density at radius 2 is 2.00 bits per heavy atom. The normalized spacial score (nSPS) is 11.5. The van der Waals surface area contributed by atoms with Crippen molar-refractivity contribution in [3.8, 4) is 0 Å². The maximum atomic E-state index is 11.7. The molecule has 96 valence electrons. The number of hydrogen-bond donors (Lipinski definition) is 3. The molecule has 4 N–H and O–H groups in total. The molecule has 0 rings (SSSR count). The summed E-state index contributed by atoms with van der Waals surface area (Å²) in [5.41, 5.74) is 5.24. The van der Waals surface area contributed by atoms with Crippen LogP contribution in [-0.4, -0.2) is 41.2 Å². The molecule has 0 bridgehead atoms. The summed E-state index contributed by atoms with van der Waals surface area (Å²) in [6.07, 6.45) is 2.13. The van der Waals surface area contributed by atoms with Crippen LogP contribution >= 0.6 is 11.8 Å². The van der Waals surface area contributed by atoms with Gasteiger partial charge in [0.1, 0.15) is 0 Å². The van der Waals surface area contributed by atoms with Gasteiger partial charge in [0.25, 0.3) is 0 Å². The van der Waals surface area contributed by atoms with Crippen LogP contribution < -0.4 is 11.1 Å². The molecule has 0 unspecified atom stereocenters. The molecule has 0 fully saturated rings. The summed E-state index contributed by atoms with van der Waals surface area (Å²) in [4.78, 5) is 11.7. The molecule has 0 saturated heterocycles. The minimum absolute atomic E-state index is 0.0553. The lowest BCUT2D eigenvalue weighted by Crippen LogP contribution is -2.53. The summed E-state index contributed by atoms with van der Waals surface area (Å²) in [7, 11) is 0. The fraction of sp³-hybridized carbons (Fsp3) is 0.909. The Morgan fingerprint density at radius 3 is 2.50 bits per heavy atom. The third-order valence-electron chi connectivity index (χ3n) is 2.69. The quantitative estimate of drug-likeness (QED) is 0.526. The second-order valence-electron chi connectivity index (χ2n) is 3.81. The zero-order valence-corrected chi connectivity index (χ0v) is 11.1. The van der Waals surface area contributed by atoms with Crippen LogP contribution in [0.5, 0.6) is 0 Å². The fourth-order valence-corrected chi connectivity index (χ4v) is 2.04. The van der Waals surface area contributed by atoms with Gasteiger partial charge in [-0.1, -0.05) is 13.8 Å². The molecule has 16 heavy (non-hydrogen) atoms. The SMILES string of the molecule is CCC(N)(CC)C(=O)NCCSCCCO. The Kier molecular flexibility index (Phi) is 8.70. The summed E-state index contributed by atoms with van der Waals surface area (Å²) in [6, 6.07) is 0. The molecular formula is C11H24N2O2S. The van der Waals surface area contributed by atoms with Crippen LogP contribution in [0.3, 0.4) is 0 Å². The summed E-state index contributed by atoms with van der Waals surface area (Å²) < 4.78 is 0. The predicted molar refractivity (Wildman–Crippen MR) is 69.5 cm³/mol. The Balaban J connectivity index is 3.64. The van der Waals surface area contributed by atoms with Crippen molar-refractivity contribution >= 4 is 17.7 Å². The molecule has 0 aliphatic heterocycles. The zero-order chi connectivity index (χ0) is 12.4. The molecule has 4 nitrogen and oxygen atoms in total. The lowest BCUT2D eigenvalue weighted by Gasteiger charge is -2.25. The van der Waals surface area contributed by atoms with Crippen molar-refractivity contribution < 1.29 is 9.90 Å². The van der Waals surface area contributed by atoms with Crippen LogP contribution in [-0.2, 0) is 4.79 Å². The highest BCUT2D eigenvalue weighted by Crippen LogP contribution is 2.11. The maximum absolute atomic E-state index is 11.7. The first-order valence-corrected chi connectivity index (χ1v) is 7.02. The monoisotopic (exact) mass is 248 g/mol. The van der Waals surface area contributed by atoms with E-state index in [1.54, 1.807) is 11.8 Å². The number of aliphatic hydroxyl groups is 1. The van der Waals surface area contributed by atoms with Gasteiger partial charge in [0.15, 0.2) is 0 Å². The van der Waals surface area contributed by atoms with E-state index in [0.717, 1.165) is 17.9 Å². The Morgan fingerprint density at radius 1 is 1.38 bits per heavy atom. The first kappa shape index (κ1) is 15.7. The van der Waals surface area contributed by atoms with E-state index in [1.165, 1.54) is 0 Å². The lowest BCUT2D eigenvalue weighted by atomic mass is 9.93. The van der Waals surface area contributed by atoms with Gasteiger partial charge in [-0.25, -0.2) is 0 Å². The van der Waals surface area contributed by atoms with Gasteiger partial charge in [0.05, 0.1) is 5.54 Å². The predicted octanol–water partition coefficient (Wildman–Crippen LogP) is 0.736. The minimum Gasteiger partial charge on any atom is -0.396 e. The molecule has 0 aliphatic carbocycles. The summed E-state index contributed by atoms with van der Waals surface area (Å²) in [5.74, 6) is 1.75. The highest BCUT2D eigenvalue weighted by atomic mass is 32.2. The van der Waals surface area contributed by atoms with Crippen molar-refractivity contribution in [2.45, 2.75) is 38.6 Å². The highest BCUT2D eigenvalue weighted by molar-refractivity contribution is 7.99. The number of aliphatic hydroxyl groups excluding tert-OH is 1. The van der Waals surface area contributed by atoms with E-state index in [1.807, 2.05) is 13.8 Å². The Hall–Kier alpha value is -0.260. The van der Waals surface area contributed by atoms with E-state index in [2.05, 4.69) is 5.32 Å². The van der Waals surface area contributed by atoms with Gasteiger partial charge in [-0.2, -0.15) is 11.8 Å². The van der Waals surface area contributed by atoms with Gasteiger partial charge in [0.2, 0.25) is 5.91 Å². The number of thioether (sulfide) groups is 1. The van der Waals surface area contributed by atoms with Crippen LogP contribution in [0.1, 0.15) is 33.1 Å². The van der Waals surface area contributed by atoms with Gasteiger partial charge >= 0.3 is 0 Å². The van der Waals surface area contributed by atoms with E-state index in [-0.39, 0.29) is 12.5 Å². The summed E-state index contributed by atoms with van der Waals surface area (Å²) in [6.45, 7) is 4.74. The summed E-state index contributed by atoms with van der Waals surface area (Å²) >= 11 is 1.73. The molecule has 0 aliphatic rings. The van der Waals surface area contributed by atoms with E-state index < -0.39 is 5.54 Å². The first-order valence-electron chi connectivity index (χ1n) is 5.86. The number of carbonyl (C=O) groups excluding carboxylic acids is 1. The Bertz CT molecular complexity index is 196. The second kappa shape index (κ2) is 8.84. The number of nitrogens with two attached hydrogens (primary N) is 1. The first-order chi connectivity index (χ1) is 7.60. The van der Waals surface area contributed by atoms with Crippen LogP contribution in [0.25, 0.3) is 0 Å². The smallest absolute Gasteiger partial charge is 0.240 e. The molecule has 0 radical (unpaired) electrons. The third-order valence-corrected chi connectivity index (χ3v) is 3.76. The highest BCUT2D eigenvalue weighted by Gasteiger charge is 2.29. The molecule has 0 atom stereocenters. The van der Waals surface area contributed by atoms with Gasteiger partial charge in [0, 0.05) is 18.9 Å². The topological polar surface area (TPSA) is 75.4 Å². The standard InChI is InChI=1S/C11H24N2O2S/c1-3-11(12,4-2)10(15)13-6-9-16-8-5-7-14/h14H,3-9,12H2,1-2H3,(H,13,15). The number of nitrogens with one attached hydrogen (secondary N) is 1. The van der Waals surface area contributed by atoms with Crippen molar-refractivity contribution in [2.24, 2.45) is 5.73 Å². The van der Waals surface area contributed by atoms with Crippen molar-refractivity contribution in [1.29, 1.82) is 0 Å². The molecule has 1 amide bonds. The number of amides is 1. The molecule has 0 aromatic carbocycles. The van der Waals surface area contributed by atoms with Crippen molar-refractivity contribution in [1.82, 2.24) is 5.32 Å². The summed E-state index contributed by atoms with van der Waals surface area (Å²) in [5, 5.41) is 11.4. The van der Waals surface area contributed by atoms with E-state index in [9.17, 15) is 4.79 Å². The Labute approximate surface area is 102 Å². The largest absolute Gasteiger partial charge is 0.396 e. The molecule has 0 heterocycles. The van der Waals surface area contributed by atoms with E-state index in [0.29, 0.717) is 19.4 Å². The van der Waals surface area contributed by atoms with Crippen LogP contribution in [0.4, 0.5) is 0 Å². The van der Waals surface area contributed by atoms with E-state index in [4.69, 9.17) is 10.8 Å². The molecule has 0 saturated carbocycles.